The minimum Gasteiger partial charge on any atom is -0.296 e. The fourth-order valence-corrected chi connectivity index (χ4v) is 2.11. The van der Waals surface area contributed by atoms with Crippen molar-refractivity contribution in [1.82, 2.24) is 4.90 Å². The molecule has 0 unspecified atom stereocenters. The molecule has 0 aromatic heterocycles. The van der Waals surface area contributed by atoms with Gasteiger partial charge in [0.15, 0.2) is 0 Å². The van der Waals surface area contributed by atoms with Crippen LogP contribution in [0.5, 0.6) is 0 Å². The molecule has 1 nitrogen and oxygen atoms in total. The van der Waals surface area contributed by atoms with Crippen LogP contribution in [0.25, 0.3) is 0 Å². The van der Waals surface area contributed by atoms with Crippen LogP contribution in [-0.2, 0) is 6.54 Å². The molecule has 1 rings (SSSR count). The Balaban J connectivity index is 2.77. The molecule has 0 aliphatic rings. The summed E-state index contributed by atoms with van der Waals surface area (Å²) < 4.78 is 13.6. The first-order valence-corrected chi connectivity index (χ1v) is 6.78. The summed E-state index contributed by atoms with van der Waals surface area (Å²) in [6.07, 6.45) is 0. The minimum atomic E-state index is -0.229. The Hall–Kier alpha value is -0.120. The highest BCUT2D eigenvalue weighted by atomic mass is 79.9. The Morgan fingerprint density at radius 3 is 2.62 bits per heavy atom. The van der Waals surface area contributed by atoms with Crippen molar-refractivity contribution in [2.75, 3.05) is 11.9 Å². The smallest absolute Gasteiger partial charge is 0.129 e. The summed E-state index contributed by atoms with van der Waals surface area (Å²) in [6, 6.07) is 5.24. The van der Waals surface area contributed by atoms with Crippen LogP contribution in [0.4, 0.5) is 4.39 Å². The van der Waals surface area contributed by atoms with E-state index in [0.29, 0.717) is 23.2 Å². The van der Waals surface area contributed by atoms with Gasteiger partial charge < -0.3 is 0 Å². The second kappa shape index (κ2) is 6.58. The Labute approximate surface area is 110 Å². The van der Waals surface area contributed by atoms with Crippen LogP contribution in [0, 0.1) is 5.82 Å². The Morgan fingerprint density at radius 2 is 2.12 bits per heavy atom. The molecule has 0 heterocycles. The zero-order chi connectivity index (χ0) is 12.1. The van der Waals surface area contributed by atoms with E-state index in [1.54, 1.807) is 12.1 Å². The molecule has 0 saturated heterocycles. The van der Waals surface area contributed by atoms with Gasteiger partial charge in [-0.25, -0.2) is 4.39 Å². The fourth-order valence-electron chi connectivity index (χ4n) is 1.50. The zero-order valence-corrected chi connectivity index (χ0v) is 11.9. The molecule has 0 amide bonds. The van der Waals surface area contributed by atoms with Gasteiger partial charge in [0.25, 0.3) is 0 Å². The van der Waals surface area contributed by atoms with Crippen molar-refractivity contribution in [2.45, 2.75) is 26.4 Å². The lowest BCUT2D eigenvalue weighted by Crippen LogP contribution is -2.32. The molecule has 0 fully saturated rings. The summed E-state index contributed by atoms with van der Waals surface area (Å²) in [6.45, 7) is 5.74. The van der Waals surface area contributed by atoms with E-state index < -0.39 is 0 Å². The Kier molecular flexibility index (Phi) is 5.73. The molecule has 1 aromatic rings. The highest BCUT2D eigenvalue weighted by molar-refractivity contribution is 9.09. The van der Waals surface area contributed by atoms with Crippen molar-refractivity contribution in [3.05, 3.63) is 34.6 Å². The summed E-state index contributed by atoms with van der Waals surface area (Å²) in [7, 11) is 0. The quantitative estimate of drug-likeness (QED) is 0.741. The fraction of sp³-hybridized carbons (Fsp3) is 0.500. The number of alkyl halides is 1. The van der Waals surface area contributed by atoms with Crippen LogP contribution in [-0.4, -0.2) is 22.8 Å². The predicted molar refractivity (Wildman–Crippen MR) is 70.8 cm³/mol. The first-order chi connectivity index (χ1) is 7.54. The molecule has 4 heteroatoms. The summed E-state index contributed by atoms with van der Waals surface area (Å²) in [5, 5.41) is 1.33. The molecule has 0 bridgehead atoms. The summed E-state index contributed by atoms with van der Waals surface area (Å²) in [4.78, 5) is 2.21. The molecule has 90 valence electrons. The number of rotatable bonds is 5. The van der Waals surface area contributed by atoms with Gasteiger partial charge in [0.05, 0.1) is 0 Å². The minimum absolute atomic E-state index is 0.229. The highest BCUT2D eigenvalue weighted by Gasteiger charge is 2.12. The molecule has 16 heavy (non-hydrogen) atoms. The van der Waals surface area contributed by atoms with Crippen molar-refractivity contribution < 1.29 is 4.39 Å². The van der Waals surface area contributed by atoms with Gasteiger partial charge in [-0.2, -0.15) is 0 Å². The van der Waals surface area contributed by atoms with E-state index in [0.717, 1.165) is 11.9 Å². The average molecular weight is 309 g/mol. The van der Waals surface area contributed by atoms with Gasteiger partial charge in [-0.1, -0.05) is 33.6 Å². The van der Waals surface area contributed by atoms with Crippen LogP contribution >= 0.6 is 27.5 Å². The zero-order valence-electron chi connectivity index (χ0n) is 9.51. The maximum atomic E-state index is 13.6. The third kappa shape index (κ3) is 4.04. The normalized spacial score (nSPS) is 11.4. The van der Waals surface area contributed by atoms with Gasteiger partial charge in [0, 0.05) is 35.0 Å². The van der Waals surface area contributed by atoms with Crippen LogP contribution in [0.3, 0.4) is 0 Å². The monoisotopic (exact) mass is 307 g/mol. The largest absolute Gasteiger partial charge is 0.296 e. The lowest BCUT2D eigenvalue weighted by molar-refractivity contribution is 0.224. The molecular weight excluding hydrogens is 292 g/mol. The topological polar surface area (TPSA) is 3.24 Å². The standard InChI is InChI=1S/C12H16BrClFN/c1-9(2)16(6-5-13)8-10-3-4-11(14)7-12(10)15/h3-4,7,9H,5-6,8H2,1-2H3. The lowest BCUT2D eigenvalue weighted by Gasteiger charge is -2.25. The maximum Gasteiger partial charge on any atom is 0.129 e. The van der Waals surface area contributed by atoms with Gasteiger partial charge in [0.2, 0.25) is 0 Å². The summed E-state index contributed by atoms with van der Waals surface area (Å²) in [5.41, 5.74) is 0.694. The van der Waals surface area contributed by atoms with Crippen molar-refractivity contribution in [3.8, 4) is 0 Å². The van der Waals surface area contributed by atoms with Crippen LogP contribution in [0.2, 0.25) is 5.02 Å². The molecule has 0 aliphatic heterocycles. The van der Waals surface area contributed by atoms with Gasteiger partial charge >= 0.3 is 0 Å². The predicted octanol–water partition coefficient (Wildman–Crippen LogP) is 4.08. The number of hydrogen-bond donors (Lipinski definition) is 0. The van der Waals surface area contributed by atoms with Gasteiger partial charge in [-0.3, -0.25) is 4.90 Å². The maximum absolute atomic E-state index is 13.6. The van der Waals surface area contributed by atoms with Crippen LogP contribution in [0.15, 0.2) is 18.2 Å². The first kappa shape index (κ1) is 13.9. The molecule has 1 aromatic carbocycles. The number of benzene rings is 1. The average Bonchev–Trinajstić information content (AvgIpc) is 2.20. The van der Waals surface area contributed by atoms with Crippen LogP contribution in [0.1, 0.15) is 19.4 Å². The Bertz CT molecular complexity index is 344. The second-order valence-electron chi connectivity index (χ2n) is 3.99. The van der Waals surface area contributed by atoms with E-state index in [1.807, 2.05) is 0 Å². The first-order valence-electron chi connectivity index (χ1n) is 5.28. The third-order valence-electron chi connectivity index (χ3n) is 2.49. The van der Waals surface area contributed by atoms with E-state index >= 15 is 0 Å². The summed E-state index contributed by atoms with van der Waals surface area (Å²) in [5.74, 6) is -0.229. The SMILES string of the molecule is CC(C)N(CCBr)Cc1ccc(Cl)cc1F. The van der Waals surface area contributed by atoms with Crippen molar-refractivity contribution in [2.24, 2.45) is 0 Å². The number of nitrogens with zero attached hydrogens (tertiary/aromatic N) is 1. The van der Waals surface area contributed by atoms with Gasteiger partial charge in [-0.05, 0) is 26.0 Å². The summed E-state index contributed by atoms with van der Waals surface area (Å²) >= 11 is 9.12. The van der Waals surface area contributed by atoms with E-state index in [2.05, 4.69) is 34.7 Å². The van der Waals surface area contributed by atoms with Crippen molar-refractivity contribution >= 4 is 27.5 Å². The highest BCUT2D eigenvalue weighted by Crippen LogP contribution is 2.17. The van der Waals surface area contributed by atoms with E-state index in [4.69, 9.17) is 11.6 Å². The van der Waals surface area contributed by atoms with E-state index in [1.165, 1.54) is 6.07 Å². The Morgan fingerprint density at radius 1 is 1.44 bits per heavy atom. The molecule has 0 saturated carbocycles. The lowest BCUT2D eigenvalue weighted by atomic mass is 10.2. The molecule has 0 aliphatic carbocycles. The molecule has 0 spiro atoms. The molecule has 0 atom stereocenters. The molecule has 0 radical (unpaired) electrons. The third-order valence-corrected chi connectivity index (χ3v) is 3.08. The van der Waals surface area contributed by atoms with Crippen molar-refractivity contribution in [1.29, 1.82) is 0 Å². The second-order valence-corrected chi connectivity index (χ2v) is 5.22. The van der Waals surface area contributed by atoms with Gasteiger partial charge in [0.1, 0.15) is 5.82 Å². The number of hydrogen-bond acceptors (Lipinski definition) is 1. The van der Waals surface area contributed by atoms with Gasteiger partial charge in [-0.15, -0.1) is 0 Å². The van der Waals surface area contributed by atoms with E-state index in [9.17, 15) is 4.39 Å². The number of halogens is 3. The molecular formula is C12H16BrClFN. The van der Waals surface area contributed by atoms with E-state index in [-0.39, 0.29) is 5.82 Å². The van der Waals surface area contributed by atoms with Crippen molar-refractivity contribution in [3.63, 3.8) is 0 Å². The van der Waals surface area contributed by atoms with Crippen LogP contribution < -0.4 is 0 Å². The molecule has 0 N–H and O–H groups in total.